The van der Waals surface area contributed by atoms with Crippen molar-refractivity contribution < 1.29 is 27.9 Å². The zero-order chi connectivity index (χ0) is 25.4. The Bertz CT molecular complexity index is 1130. The monoisotopic (exact) mass is 482 g/mol. The molecule has 0 bridgehead atoms. The van der Waals surface area contributed by atoms with Crippen molar-refractivity contribution in [3.63, 3.8) is 0 Å². The molecule has 8 heteroatoms. The molecular formula is C27H31FN2O5. The number of hydrogen-bond acceptors (Lipinski definition) is 5. The van der Waals surface area contributed by atoms with Crippen molar-refractivity contribution in [1.82, 2.24) is 9.80 Å². The van der Waals surface area contributed by atoms with Gasteiger partial charge in [0, 0.05) is 18.2 Å². The molecule has 0 atom stereocenters. The third kappa shape index (κ3) is 6.85. The highest BCUT2D eigenvalue weighted by molar-refractivity contribution is 5.96. The molecule has 0 unspecified atom stereocenters. The third-order valence-electron chi connectivity index (χ3n) is 5.66. The van der Waals surface area contributed by atoms with Crippen LogP contribution in [0.25, 0.3) is 0 Å². The SMILES string of the molecule is COc1ccc(CCN(Cc2ccco2)C(=O)CN(C(=O)c2cccc(F)c2)C(C)C)cc1OC. The van der Waals surface area contributed by atoms with E-state index in [0.717, 1.165) is 5.56 Å². The molecule has 0 aliphatic rings. The number of halogens is 1. The second kappa shape index (κ2) is 12.1. The quantitative estimate of drug-likeness (QED) is 0.401. The first-order chi connectivity index (χ1) is 16.8. The van der Waals surface area contributed by atoms with Crippen LogP contribution in [-0.2, 0) is 17.8 Å². The lowest BCUT2D eigenvalue weighted by Crippen LogP contribution is -2.46. The normalized spacial score (nSPS) is 10.8. The van der Waals surface area contributed by atoms with Crippen LogP contribution in [0.15, 0.2) is 65.3 Å². The van der Waals surface area contributed by atoms with Crippen LogP contribution < -0.4 is 9.47 Å². The fourth-order valence-electron chi connectivity index (χ4n) is 3.70. The molecule has 0 aliphatic heterocycles. The van der Waals surface area contributed by atoms with Gasteiger partial charge in [-0.3, -0.25) is 9.59 Å². The van der Waals surface area contributed by atoms with E-state index in [0.29, 0.717) is 30.2 Å². The second-order valence-corrected chi connectivity index (χ2v) is 8.37. The minimum atomic E-state index is -0.500. The van der Waals surface area contributed by atoms with Gasteiger partial charge in [0.15, 0.2) is 11.5 Å². The van der Waals surface area contributed by atoms with Gasteiger partial charge >= 0.3 is 0 Å². The number of hydrogen-bond donors (Lipinski definition) is 0. The fourth-order valence-corrected chi connectivity index (χ4v) is 3.70. The lowest BCUT2D eigenvalue weighted by atomic mass is 10.1. The van der Waals surface area contributed by atoms with Crippen LogP contribution in [0.1, 0.15) is 35.5 Å². The average molecular weight is 483 g/mol. The minimum absolute atomic E-state index is 0.139. The summed E-state index contributed by atoms with van der Waals surface area (Å²) in [5.74, 6) is 0.744. The predicted molar refractivity (Wildman–Crippen MR) is 130 cm³/mol. The van der Waals surface area contributed by atoms with Crippen LogP contribution in [0.3, 0.4) is 0 Å². The summed E-state index contributed by atoms with van der Waals surface area (Å²) in [6, 6.07) is 14.4. The highest BCUT2D eigenvalue weighted by Gasteiger charge is 2.25. The molecule has 3 aromatic rings. The summed E-state index contributed by atoms with van der Waals surface area (Å²) in [5.41, 5.74) is 1.17. The molecule has 0 N–H and O–H groups in total. The molecule has 2 aromatic carbocycles. The van der Waals surface area contributed by atoms with E-state index in [1.165, 1.54) is 23.1 Å². The van der Waals surface area contributed by atoms with E-state index in [2.05, 4.69) is 0 Å². The van der Waals surface area contributed by atoms with Crippen molar-refractivity contribution in [2.24, 2.45) is 0 Å². The van der Waals surface area contributed by atoms with Crippen molar-refractivity contribution in [3.8, 4) is 11.5 Å². The smallest absolute Gasteiger partial charge is 0.254 e. The number of ether oxygens (including phenoxy) is 2. The number of carbonyl (C=O) groups excluding carboxylic acids is 2. The van der Waals surface area contributed by atoms with Gasteiger partial charge in [-0.2, -0.15) is 0 Å². The highest BCUT2D eigenvalue weighted by atomic mass is 19.1. The van der Waals surface area contributed by atoms with Gasteiger partial charge in [0.05, 0.1) is 27.0 Å². The van der Waals surface area contributed by atoms with Crippen LogP contribution in [0.4, 0.5) is 4.39 Å². The number of methoxy groups -OCH3 is 2. The van der Waals surface area contributed by atoms with Crippen LogP contribution in [0.5, 0.6) is 11.5 Å². The predicted octanol–water partition coefficient (Wildman–Crippen LogP) is 4.56. The summed E-state index contributed by atoms with van der Waals surface area (Å²) < 4.78 is 29.8. The summed E-state index contributed by atoms with van der Waals surface area (Å²) in [6.45, 7) is 4.17. The van der Waals surface area contributed by atoms with E-state index in [9.17, 15) is 14.0 Å². The Morgan fingerprint density at radius 2 is 1.77 bits per heavy atom. The van der Waals surface area contributed by atoms with Crippen molar-refractivity contribution in [3.05, 3.63) is 83.6 Å². The van der Waals surface area contributed by atoms with Gasteiger partial charge in [-0.15, -0.1) is 0 Å². The van der Waals surface area contributed by atoms with Crippen molar-refractivity contribution >= 4 is 11.8 Å². The number of benzene rings is 2. The van der Waals surface area contributed by atoms with Crippen LogP contribution >= 0.6 is 0 Å². The molecule has 0 saturated heterocycles. The Balaban J connectivity index is 1.77. The van der Waals surface area contributed by atoms with Crippen molar-refractivity contribution in [2.75, 3.05) is 27.3 Å². The molecule has 3 rings (SSSR count). The summed E-state index contributed by atoms with van der Waals surface area (Å²) in [5, 5.41) is 0. The van der Waals surface area contributed by atoms with E-state index < -0.39 is 11.7 Å². The number of rotatable bonds is 11. The van der Waals surface area contributed by atoms with Gasteiger partial charge < -0.3 is 23.7 Å². The number of amides is 2. The molecule has 0 aliphatic carbocycles. The molecule has 1 heterocycles. The first kappa shape index (κ1) is 25.8. The lowest BCUT2D eigenvalue weighted by Gasteiger charge is -2.30. The minimum Gasteiger partial charge on any atom is -0.493 e. The van der Waals surface area contributed by atoms with E-state index >= 15 is 0 Å². The Labute approximate surface area is 205 Å². The zero-order valence-electron chi connectivity index (χ0n) is 20.5. The number of nitrogens with zero attached hydrogens (tertiary/aromatic N) is 2. The molecule has 1 aromatic heterocycles. The van der Waals surface area contributed by atoms with Crippen LogP contribution in [0, 0.1) is 5.82 Å². The number of furan rings is 1. The van der Waals surface area contributed by atoms with Gasteiger partial charge in [-0.25, -0.2) is 4.39 Å². The summed E-state index contributed by atoms with van der Waals surface area (Å²) in [7, 11) is 3.15. The summed E-state index contributed by atoms with van der Waals surface area (Å²) in [4.78, 5) is 29.6. The van der Waals surface area contributed by atoms with Gasteiger partial charge in [-0.1, -0.05) is 12.1 Å². The maximum absolute atomic E-state index is 13.7. The second-order valence-electron chi connectivity index (χ2n) is 8.37. The summed E-state index contributed by atoms with van der Waals surface area (Å²) in [6.07, 6.45) is 2.12. The largest absolute Gasteiger partial charge is 0.493 e. The Morgan fingerprint density at radius 1 is 1.00 bits per heavy atom. The van der Waals surface area contributed by atoms with Gasteiger partial charge in [0.1, 0.15) is 18.1 Å². The van der Waals surface area contributed by atoms with Crippen molar-refractivity contribution in [1.29, 1.82) is 0 Å². The average Bonchev–Trinajstić information content (AvgIpc) is 3.37. The first-order valence-corrected chi connectivity index (χ1v) is 11.4. The topological polar surface area (TPSA) is 72.2 Å². The first-order valence-electron chi connectivity index (χ1n) is 11.4. The Kier molecular flexibility index (Phi) is 8.89. The lowest BCUT2D eigenvalue weighted by molar-refractivity contribution is -0.133. The Morgan fingerprint density at radius 3 is 2.40 bits per heavy atom. The molecule has 186 valence electrons. The van der Waals surface area contributed by atoms with Gasteiger partial charge in [-0.05, 0) is 68.3 Å². The van der Waals surface area contributed by atoms with E-state index in [1.807, 2.05) is 32.0 Å². The Hall–Kier alpha value is -3.81. The van der Waals surface area contributed by atoms with Gasteiger partial charge in [0.25, 0.3) is 5.91 Å². The van der Waals surface area contributed by atoms with Crippen LogP contribution in [0.2, 0.25) is 0 Å². The van der Waals surface area contributed by atoms with E-state index in [-0.39, 0.29) is 30.6 Å². The van der Waals surface area contributed by atoms with E-state index in [1.54, 1.807) is 43.6 Å². The third-order valence-corrected chi connectivity index (χ3v) is 5.66. The molecule has 0 saturated carbocycles. The maximum Gasteiger partial charge on any atom is 0.254 e. The zero-order valence-corrected chi connectivity index (χ0v) is 20.5. The molecule has 2 amide bonds. The molecule has 7 nitrogen and oxygen atoms in total. The van der Waals surface area contributed by atoms with Crippen molar-refractivity contribution in [2.45, 2.75) is 32.9 Å². The summed E-state index contributed by atoms with van der Waals surface area (Å²) >= 11 is 0. The molecule has 0 spiro atoms. The molecular weight excluding hydrogens is 451 g/mol. The number of carbonyl (C=O) groups is 2. The molecule has 35 heavy (non-hydrogen) atoms. The molecule has 0 fully saturated rings. The van der Waals surface area contributed by atoms with Crippen LogP contribution in [-0.4, -0.2) is 55.0 Å². The fraction of sp³-hybridized carbons (Fsp3) is 0.333. The molecule has 0 radical (unpaired) electrons. The highest BCUT2D eigenvalue weighted by Crippen LogP contribution is 2.28. The maximum atomic E-state index is 13.7. The van der Waals surface area contributed by atoms with Gasteiger partial charge in [0.2, 0.25) is 5.91 Å². The standard InChI is InChI=1S/C27H31FN2O5/c1-19(2)30(27(32)21-7-5-8-22(28)16-21)18-26(31)29(17-23-9-6-14-35-23)13-12-20-10-11-24(33-3)25(15-20)34-4/h5-11,14-16,19H,12-13,17-18H2,1-4H3. The van der Waals surface area contributed by atoms with E-state index in [4.69, 9.17) is 13.9 Å².